The molecule has 0 radical (unpaired) electrons. The molecule has 1 N–H and O–H groups in total. The Kier molecular flexibility index (Phi) is 5.41. The fourth-order valence-electron chi connectivity index (χ4n) is 3.15. The van der Waals surface area contributed by atoms with E-state index in [-0.39, 0.29) is 48.4 Å². The zero-order valence-corrected chi connectivity index (χ0v) is 16.1. The summed E-state index contributed by atoms with van der Waals surface area (Å²) < 4.78 is 11.4. The summed E-state index contributed by atoms with van der Waals surface area (Å²) in [6.07, 6.45) is -0.851. The average Bonchev–Trinajstić information content (AvgIpc) is 3.05. The maximum absolute atomic E-state index is 12.6. The summed E-state index contributed by atoms with van der Waals surface area (Å²) in [4.78, 5) is 39.5. The molecule has 1 fully saturated rings. The van der Waals surface area contributed by atoms with Gasteiger partial charge in [-0.3, -0.25) is 14.4 Å². The number of imide groups is 1. The molecule has 1 saturated heterocycles. The molecule has 4 rings (SSSR count). The summed E-state index contributed by atoms with van der Waals surface area (Å²) in [5.41, 5.74) is 1.04. The van der Waals surface area contributed by atoms with Crippen LogP contribution in [0.2, 0.25) is 0 Å². The minimum absolute atomic E-state index is 0.0199. The van der Waals surface area contributed by atoms with Gasteiger partial charge >= 0.3 is 0 Å². The lowest BCUT2D eigenvalue weighted by Crippen LogP contribution is -2.41. The minimum Gasteiger partial charge on any atom is -0.508 e. The van der Waals surface area contributed by atoms with E-state index in [1.54, 1.807) is 24.3 Å². The zero-order chi connectivity index (χ0) is 20.4. The summed E-state index contributed by atoms with van der Waals surface area (Å²) in [5.74, 6) is -0.0976. The van der Waals surface area contributed by atoms with E-state index in [0.717, 1.165) is 16.7 Å². The van der Waals surface area contributed by atoms with Crippen molar-refractivity contribution in [3.8, 4) is 11.5 Å². The first-order valence-electron chi connectivity index (χ1n) is 8.95. The summed E-state index contributed by atoms with van der Waals surface area (Å²) in [6, 6.07) is 13.3. The molecule has 9 heteroatoms. The van der Waals surface area contributed by atoms with Crippen molar-refractivity contribution < 1.29 is 29.0 Å². The molecule has 0 aliphatic carbocycles. The lowest BCUT2D eigenvalue weighted by molar-refractivity contribution is -0.136. The second-order valence-electron chi connectivity index (χ2n) is 6.47. The summed E-state index contributed by atoms with van der Waals surface area (Å²) >= 11 is 0.944. The number of aromatic hydroxyl groups is 1. The molecule has 3 amide bonds. The molecule has 29 heavy (non-hydrogen) atoms. The SMILES string of the molecule is O=C1c2ccc(O)cc2OCN1CCOC(c1ccccc1)N1C(=O)CSC1=O. The van der Waals surface area contributed by atoms with Crippen LogP contribution in [0.15, 0.2) is 48.5 Å². The molecular formula is C20H18N2O6S. The number of hydrogen-bond donors (Lipinski definition) is 1. The molecule has 0 spiro atoms. The van der Waals surface area contributed by atoms with Crippen LogP contribution >= 0.6 is 11.8 Å². The van der Waals surface area contributed by atoms with E-state index in [1.165, 1.54) is 23.1 Å². The molecule has 1 atom stereocenters. The quantitative estimate of drug-likeness (QED) is 0.776. The molecule has 2 aromatic rings. The molecule has 2 heterocycles. The maximum atomic E-state index is 12.6. The first-order chi connectivity index (χ1) is 14.0. The molecule has 0 aromatic heterocycles. The normalized spacial score (nSPS) is 17.3. The van der Waals surface area contributed by atoms with Crippen molar-refractivity contribution >= 4 is 28.8 Å². The van der Waals surface area contributed by atoms with Crippen LogP contribution in [0.3, 0.4) is 0 Å². The molecule has 0 saturated carbocycles. The molecule has 2 aliphatic heterocycles. The zero-order valence-electron chi connectivity index (χ0n) is 15.3. The fraction of sp³-hybridized carbons (Fsp3) is 0.250. The standard InChI is InChI=1S/C20H18N2O6S/c23-14-6-7-15-16(10-14)28-12-21(18(15)25)8-9-27-19(13-4-2-1-3-5-13)22-17(24)11-29-20(22)26/h1-7,10,19,23H,8-9,11-12H2. The second-order valence-corrected chi connectivity index (χ2v) is 7.40. The summed E-state index contributed by atoms with van der Waals surface area (Å²) in [7, 11) is 0. The van der Waals surface area contributed by atoms with Crippen molar-refractivity contribution in [3.63, 3.8) is 0 Å². The van der Waals surface area contributed by atoms with Gasteiger partial charge in [-0.15, -0.1) is 0 Å². The highest BCUT2D eigenvalue weighted by Gasteiger charge is 2.37. The number of amides is 3. The first kappa shape index (κ1) is 19.3. The molecule has 1 unspecified atom stereocenters. The van der Waals surface area contributed by atoms with E-state index in [9.17, 15) is 19.5 Å². The van der Waals surface area contributed by atoms with Crippen LogP contribution in [0.1, 0.15) is 22.1 Å². The number of rotatable bonds is 6. The Morgan fingerprint density at radius 1 is 1.14 bits per heavy atom. The van der Waals surface area contributed by atoms with Crippen LogP contribution in [0.5, 0.6) is 11.5 Å². The Hall–Kier alpha value is -3.04. The third-order valence-electron chi connectivity index (χ3n) is 4.60. The number of carbonyl (C=O) groups is 3. The van der Waals surface area contributed by atoms with Crippen LogP contribution in [-0.4, -0.2) is 57.6 Å². The van der Waals surface area contributed by atoms with E-state index in [4.69, 9.17) is 9.47 Å². The van der Waals surface area contributed by atoms with Gasteiger partial charge in [0.05, 0.1) is 17.9 Å². The average molecular weight is 414 g/mol. The highest BCUT2D eigenvalue weighted by molar-refractivity contribution is 8.14. The maximum Gasteiger partial charge on any atom is 0.291 e. The predicted molar refractivity (Wildman–Crippen MR) is 104 cm³/mol. The minimum atomic E-state index is -0.851. The number of phenols is 1. The monoisotopic (exact) mass is 414 g/mol. The molecule has 8 nitrogen and oxygen atoms in total. The predicted octanol–water partition coefficient (Wildman–Crippen LogP) is 2.60. The third-order valence-corrected chi connectivity index (χ3v) is 5.43. The van der Waals surface area contributed by atoms with Gasteiger partial charge in [-0.1, -0.05) is 42.1 Å². The van der Waals surface area contributed by atoms with Gasteiger partial charge < -0.3 is 19.5 Å². The number of phenolic OH excluding ortho intramolecular Hbond substituents is 1. The topological polar surface area (TPSA) is 96.4 Å². The van der Waals surface area contributed by atoms with Gasteiger partial charge in [0, 0.05) is 18.2 Å². The highest BCUT2D eigenvalue weighted by Crippen LogP contribution is 2.32. The van der Waals surface area contributed by atoms with E-state index < -0.39 is 6.23 Å². The summed E-state index contributed by atoms with van der Waals surface area (Å²) in [5, 5.41) is 9.16. The van der Waals surface area contributed by atoms with Crippen molar-refractivity contribution in [1.29, 1.82) is 0 Å². The van der Waals surface area contributed by atoms with Crippen molar-refractivity contribution in [2.75, 3.05) is 25.6 Å². The number of ether oxygens (including phenoxy) is 2. The van der Waals surface area contributed by atoms with Gasteiger partial charge in [0.15, 0.2) is 13.0 Å². The molecular weight excluding hydrogens is 396 g/mol. The third kappa shape index (κ3) is 3.92. The van der Waals surface area contributed by atoms with Gasteiger partial charge in [0.25, 0.3) is 11.1 Å². The number of benzene rings is 2. The van der Waals surface area contributed by atoms with Crippen LogP contribution < -0.4 is 4.74 Å². The van der Waals surface area contributed by atoms with E-state index in [2.05, 4.69) is 0 Å². The van der Waals surface area contributed by atoms with Crippen LogP contribution in [0, 0.1) is 0 Å². The molecule has 150 valence electrons. The Balaban J connectivity index is 1.45. The molecule has 0 bridgehead atoms. The van der Waals surface area contributed by atoms with Crippen molar-refractivity contribution in [3.05, 3.63) is 59.7 Å². The van der Waals surface area contributed by atoms with Crippen molar-refractivity contribution in [2.24, 2.45) is 0 Å². The molecule has 2 aliphatic rings. The van der Waals surface area contributed by atoms with Gasteiger partial charge in [-0.05, 0) is 12.1 Å². The lowest BCUT2D eigenvalue weighted by atomic mass is 10.1. The molecule has 2 aromatic carbocycles. The van der Waals surface area contributed by atoms with Crippen LogP contribution in [0.4, 0.5) is 4.79 Å². The lowest BCUT2D eigenvalue weighted by Gasteiger charge is -2.30. The van der Waals surface area contributed by atoms with Gasteiger partial charge in [-0.2, -0.15) is 0 Å². The number of carbonyl (C=O) groups excluding carboxylic acids is 3. The number of thioether (sulfide) groups is 1. The largest absolute Gasteiger partial charge is 0.508 e. The fourth-order valence-corrected chi connectivity index (χ4v) is 3.88. The second kappa shape index (κ2) is 8.14. The Bertz CT molecular complexity index is 935. The Labute approximate surface area is 171 Å². The number of nitrogens with zero attached hydrogens (tertiary/aromatic N) is 2. The van der Waals surface area contributed by atoms with Crippen molar-refractivity contribution in [1.82, 2.24) is 9.80 Å². The van der Waals surface area contributed by atoms with E-state index in [1.807, 2.05) is 6.07 Å². The smallest absolute Gasteiger partial charge is 0.291 e. The number of fused-ring (bicyclic) bond motifs is 1. The van der Waals surface area contributed by atoms with E-state index in [0.29, 0.717) is 16.9 Å². The number of hydrogen-bond acceptors (Lipinski definition) is 7. The first-order valence-corrected chi connectivity index (χ1v) is 9.93. The van der Waals surface area contributed by atoms with Crippen molar-refractivity contribution in [2.45, 2.75) is 6.23 Å². The van der Waals surface area contributed by atoms with Crippen LogP contribution in [0.25, 0.3) is 0 Å². The van der Waals surface area contributed by atoms with Gasteiger partial charge in [-0.25, -0.2) is 4.90 Å². The Morgan fingerprint density at radius 2 is 1.93 bits per heavy atom. The van der Waals surface area contributed by atoms with E-state index >= 15 is 0 Å². The van der Waals surface area contributed by atoms with Crippen LogP contribution in [-0.2, 0) is 9.53 Å². The van der Waals surface area contributed by atoms with Gasteiger partial charge in [0.2, 0.25) is 5.91 Å². The summed E-state index contributed by atoms with van der Waals surface area (Å²) in [6.45, 7) is 0.335. The van der Waals surface area contributed by atoms with Gasteiger partial charge in [0.1, 0.15) is 11.5 Å². The highest BCUT2D eigenvalue weighted by atomic mass is 32.2. The Morgan fingerprint density at radius 3 is 2.66 bits per heavy atom.